The van der Waals surface area contributed by atoms with Crippen LogP contribution in [-0.4, -0.2) is 9.97 Å². The zero-order valence-corrected chi connectivity index (χ0v) is 10.9. The van der Waals surface area contributed by atoms with Crippen LogP contribution in [0.4, 0.5) is 4.39 Å². The van der Waals surface area contributed by atoms with Crippen LogP contribution in [0.25, 0.3) is 22.3 Å². The van der Waals surface area contributed by atoms with Gasteiger partial charge in [-0.05, 0) is 43.3 Å². The van der Waals surface area contributed by atoms with Gasteiger partial charge in [-0.3, -0.25) is 0 Å². The summed E-state index contributed by atoms with van der Waals surface area (Å²) in [5, 5.41) is 1.52. The first kappa shape index (κ1) is 12.1. The molecule has 0 spiro atoms. The van der Waals surface area contributed by atoms with Crippen molar-refractivity contribution in [2.45, 2.75) is 6.92 Å². The van der Waals surface area contributed by atoms with E-state index in [-0.39, 0.29) is 5.82 Å². The average Bonchev–Trinajstić information content (AvgIpc) is 2.38. The van der Waals surface area contributed by atoms with Gasteiger partial charge in [-0.15, -0.1) is 0 Å². The van der Waals surface area contributed by atoms with Crippen molar-refractivity contribution in [3.05, 3.63) is 59.0 Å². The molecular formula is C15H10ClFN2. The maximum absolute atomic E-state index is 13.3. The third kappa shape index (κ3) is 2.29. The first-order valence-electron chi connectivity index (χ1n) is 5.83. The minimum absolute atomic E-state index is 0.298. The van der Waals surface area contributed by atoms with E-state index in [0.717, 1.165) is 16.6 Å². The average molecular weight is 273 g/mol. The van der Waals surface area contributed by atoms with E-state index in [2.05, 4.69) is 9.97 Å². The third-order valence-corrected chi connectivity index (χ3v) is 3.20. The minimum atomic E-state index is -0.298. The Labute approximate surface area is 114 Å². The highest BCUT2D eigenvalue weighted by molar-refractivity contribution is 6.30. The summed E-state index contributed by atoms with van der Waals surface area (Å²) in [7, 11) is 0. The van der Waals surface area contributed by atoms with Gasteiger partial charge < -0.3 is 0 Å². The highest BCUT2D eigenvalue weighted by Gasteiger charge is 2.07. The Bertz CT molecular complexity index is 754. The summed E-state index contributed by atoms with van der Waals surface area (Å²) < 4.78 is 13.3. The van der Waals surface area contributed by atoms with Crippen LogP contribution >= 0.6 is 11.6 Å². The highest BCUT2D eigenvalue weighted by atomic mass is 35.5. The maximum Gasteiger partial charge on any atom is 0.160 e. The van der Waals surface area contributed by atoms with Crippen LogP contribution in [0.5, 0.6) is 0 Å². The second-order valence-electron chi connectivity index (χ2n) is 4.30. The molecular weight excluding hydrogens is 263 g/mol. The topological polar surface area (TPSA) is 25.8 Å². The Morgan fingerprint density at radius 3 is 2.47 bits per heavy atom. The van der Waals surface area contributed by atoms with Crippen LogP contribution < -0.4 is 0 Å². The molecule has 19 heavy (non-hydrogen) atoms. The quantitative estimate of drug-likeness (QED) is 0.656. The van der Waals surface area contributed by atoms with E-state index < -0.39 is 0 Å². The Kier molecular flexibility index (Phi) is 2.91. The summed E-state index contributed by atoms with van der Waals surface area (Å²) >= 11 is 5.86. The van der Waals surface area contributed by atoms with Gasteiger partial charge in [-0.2, -0.15) is 0 Å². The zero-order valence-electron chi connectivity index (χ0n) is 10.2. The molecule has 0 amide bonds. The molecule has 0 aliphatic carbocycles. The van der Waals surface area contributed by atoms with Gasteiger partial charge in [0, 0.05) is 27.7 Å². The molecule has 1 aromatic heterocycles. The van der Waals surface area contributed by atoms with Crippen molar-refractivity contribution in [3.63, 3.8) is 0 Å². The number of hydrogen-bond donors (Lipinski definition) is 0. The van der Waals surface area contributed by atoms with Gasteiger partial charge in [-0.25, -0.2) is 14.4 Å². The van der Waals surface area contributed by atoms with Crippen LogP contribution in [-0.2, 0) is 0 Å². The molecule has 4 heteroatoms. The molecule has 94 valence electrons. The number of nitrogens with zero attached hydrogens (tertiary/aromatic N) is 2. The van der Waals surface area contributed by atoms with Crippen molar-refractivity contribution in [2.75, 3.05) is 0 Å². The van der Waals surface area contributed by atoms with E-state index in [1.807, 2.05) is 19.1 Å². The number of fused-ring (bicyclic) bond motifs is 1. The summed E-state index contributed by atoms with van der Waals surface area (Å²) in [5.74, 6) is 0.278. The molecule has 0 saturated carbocycles. The molecule has 0 radical (unpaired) electrons. The standard InChI is InChI=1S/C15H10ClFN2/c1-9-13-7-6-12(17)8-14(13)19-15(18-9)10-2-4-11(16)5-3-10/h2-8H,1H3. The third-order valence-electron chi connectivity index (χ3n) is 2.95. The molecule has 0 saturated heterocycles. The molecule has 2 nitrogen and oxygen atoms in total. The van der Waals surface area contributed by atoms with E-state index in [9.17, 15) is 4.39 Å². The van der Waals surface area contributed by atoms with E-state index >= 15 is 0 Å². The molecule has 3 rings (SSSR count). The summed E-state index contributed by atoms with van der Waals surface area (Å²) in [6.45, 7) is 1.89. The van der Waals surface area contributed by atoms with Crippen LogP contribution in [0.15, 0.2) is 42.5 Å². The predicted molar refractivity (Wildman–Crippen MR) is 74.7 cm³/mol. The fraction of sp³-hybridized carbons (Fsp3) is 0.0667. The number of benzene rings is 2. The monoisotopic (exact) mass is 272 g/mol. The van der Waals surface area contributed by atoms with Gasteiger partial charge in [0.2, 0.25) is 0 Å². The molecule has 3 aromatic rings. The molecule has 1 heterocycles. The van der Waals surface area contributed by atoms with Crippen molar-refractivity contribution in [2.24, 2.45) is 0 Å². The van der Waals surface area contributed by atoms with Crippen molar-refractivity contribution < 1.29 is 4.39 Å². The van der Waals surface area contributed by atoms with Gasteiger partial charge in [-0.1, -0.05) is 11.6 Å². The van der Waals surface area contributed by atoms with Crippen molar-refractivity contribution in [1.29, 1.82) is 0 Å². The fourth-order valence-electron chi connectivity index (χ4n) is 1.99. The zero-order chi connectivity index (χ0) is 13.4. The summed E-state index contributed by atoms with van der Waals surface area (Å²) in [6, 6.07) is 11.8. The van der Waals surface area contributed by atoms with Gasteiger partial charge in [0.05, 0.1) is 5.52 Å². The molecule has 0 aliphatic heterocycles. The lowest BCUT2D eigenvalue weighted by atomic mass is 10.1. The largest absolute Gasteiger partial charge is 0.233 e. The number of aromatic nitrogens is 2. The summed E-state index contributed by atoms with van der Waals surface area (Å²) in [6.07, 6.45) is 0. The Hall–Kier alpha value is -2.00. The normalized spacial score (nSPS) is 10.9. The molecule has 0 fully saturated rings. The van der Waals surface area contributed by atoms with E-state index in [0.29, 0.717) is 16.4 Å². The smallest absolute Gasteiger partial charge is 0.160 e. The van der Waals surface area contributed by atoms with E-state index in [4.69, 9.17) is 11.6 Å². The first-order valence-corrected chi connectivity index (χ1v) is 6.21. The minimum Gasteiger partial charge on any atom is -0.233 e. The van der Waals surface area contributed by atoms with Crippen LogP contribution in [0, 0.1) is 12.7 Å². The molecule has 0 atom stereocenters. The number of aryl methyl sites for hydroxylation is 1. The fourth-order valence-corrected chi connectivity index (χ4v) is 2.12. The van der Waals surface area contributed by atoms with Crippen molar-refractivity contribution in [1.82, 2.24) is 9.97 Å². The summed E-state index contributed by atoms with van der Waals surface area (Å²) in [5.41, 5.74) is 2.30. The predicted octanol–water partition coefficient (Wildman–Crippen LogP) is 4.40. The lowest BCUT2D eigenvalue weighted by Gasteiger charge is -2.06. The number of halogens is 2. The SMILES string of the molecule is Cc1nc(-c2ccc(Cl)cc2)nc2cc(F)ccc12. The first-order chi connectivity index (χ1) is 9.13. The van der Waals surface area contributed by atoms with Crippen molar-refractivity contribution in [3.8, 4) is 11.4 Å². The van der Waals surface area contributed by atoms with Gasteiger partial charge in [0.1, 0.15) is 5.82 Å². The lowest BCUT2D eigenvalue weighted by Crippen LogP contribution is -1.94. The Morgan fingerprint density at radius 1 is 1.00 bits per heavy atom. The molecule has 0 bridgehead atoms. The molecule has 0 N–H and O–H groups in total. The highest BCUT2D eigenvalue weighted by Crippen LogP contribution is 2.23. The second-order valence-corrected chi connectivity index (χ2v) is 4.74. The van der Waals surface area contributed by atoms with Crippen LogP contribution in [0.3, 0.4) is 0 Å². The molecule has 0 aliphatic rings. The van der Waals surface area contributed by atoms with Crippen LogP contribution in [0.2, 0.25) is 5.02 Å². The van der Waals surface area contributed by atoms with Gasteiger partial charge in [0.25, 0.3) is 0 Å². The van der Waals surface area contributed by atoms with E-state index in [1.54, 1.807) is 18.2 Å². The van der Waals surface area contributed by atoms with Gasteiger partial charge >= 0.3 is 0 Å². The van der Waals surface area contributed by atoms with Crippen LogP contribution in [0.1, 0.15) is 5.69 Å². The molecule has 0 unspecified atom stereocenters. The Balaban J connectivity index is 2.22. The van der Waals surface area contributed by atoms with E-state index in [1.165, 1.54) is 12.1 Å². The van der Waals surface area contributed by atoms with Crippen molar-refractivity contribution >= 4 is 22.5 Å². The number of rotatable bonds is 1. The van der Waals surface area contributed by atoms with Gasteiger partial charge in [0.15, 0.2) is 5.82 Å². The summed E-state index contributed by atoms with van der Waals surface area (Å²) in [4.78, 5) is 8.86. The second kappa shape index (κ2) is 4.59. The molecule has 2 aromatic carbocycles. The number of hydrogen-bond acceptors (Lipinski definition) is 2. The Morgan fingerprint density at radius 2 is 1.74 bits per heavy atom. The lowest BCUT2D eigenvalue weighted by molar-refractivity contribution is 0.629. The maximum atomic E-state index is 13.3.